The number of carbonyl (C=O) groups is 2. The van der Waals surface area contributed by atoms with Crippen LogP contribution in [0, 0.1) is 0 Å². The summed E-state index contributed by atoms with van der Waals surface area (Å²) in [7, 11) is 3.52. The van der Waals surface area contributed by atoms with Crippen LogP contribution in [0.1, 0.15) is 19.3 Å². The van der Waals surface area contributed by atoms with Crippen molar-refractivity contribution < 1.29 is 19.4 Å². The molecule has 7 heteroatoms. The molecule has 0 aliphatic carbocycles. The molecule has 0 saturated carbocycles. The summed E-state index contributed by atoms with van der Waals surface area (Å²) >= 11 is 0. The molecule has 110 valence electrons. The third-order valence-corrected chi connectivity index (χ3v) is 3.38. The fourth-order valence-electron chi connectivity index (χ4n) is 2.15. The van der Waals surface area contributed by atoms with E-state index in [-0.39, 0.29) is 6.42 Å². The van der Waals surface area contributed by atoms with Crippen LogP contribution in [0.25, 0.3) is 0 Å². The highest BCUT2D eigenvalue weighted by molar-refractivity contribution is 5.82. The third-order valence-electron chi connectivity index (χ3n) is 3.38. The number of urea groups is 1. The maximum Gasteiger partial charge on any atom is 0.326 e. The predicted octanol–water partition coefficient (Wildman–Crippen LogP) is -0.130. The van der Waals surface area contributed by atoms with Crippen LogP contribution < -0.4 is 10.6 Å². The predicted molar refractivity (Wildman–Crippen MR) is 70.1 cm³/mol. The summed E-state index contributed by atoms with van der Waals surface area (Å²) in [6.07, 6.45) is 2.45. The smallest absolute Gasteiger partial charge is 0.326 e. The van der Waals surface area contributed by atoms with E-state index in [1.54, 1.807) is 0 Å². The zero-order chi connectivity index (χ0) is 14.3. The van der Waals surface area contributed by atoms with Crippen molar-refractivity contribution in [2.24, 2.45) is 0 Å². The average Bonchev–Trinajstić information content (AvgIpc) is 2.77. The Labute approximate surface area is 113 Å². The molecule has 0 bridgehead atoms. The lowest BCUT2D eigenvalue weighted by Gasteiger charge is -2.21. The summed E-state index contributed by atoms with van der Waals surface area (Å²) < 4.78 is 4.82. The van der Waals surface area contributed by atoms with E-state index in [0.29, 0.717) is 19.2 Å². The van der Waals surface area contributed by atoms with Gasteiger partial charge in [0.05, 0.1) is 0 Å². The zero-order valence-corrected chi connectivity index (χ0v) is 11.5. The number of carbonyl (C=O) groups excluding carboxylic acids is 1. The molecule has 2 unspecified atom stereocenters. The molecular formula is C12H23N3O4. The lowest BCUT2D eigenvalue weighted by molar-refractivity contribution is -0.139. The molecule has 0 radical (unpaired) electrons. The second kappa shape index (κ2) is 7.96. The Bertz CT molecular complexity index is 311. The van der Waals surface area contributed by atoms with Crippen LogP contribution in [0.15, 0.2) is 0 Å². The first-order valence-corrected chi connectivity index (χ1v) is 6.51. The van der Waals surface area contributed by atoms with Gasteiger partial charge in [0.1, 0.15) is 6.04 Å². The maximum atomic E-state index is 11.6. The summed E-state index contributed by atoms with van der Waals surface area (Å²) in [5.41, 5.74) is 0. The summed E-state index contributed by atoms with van der Waals surface area (Å²) in [5.74, 6) is -1.05. The first-order chi connectivity index (χ1) is 9.04. The highest BCUT2D eigenvalue weighted by atomic mass is 16.5. The minimum atomic E-state index is -1.05. The minimum absolute atomic E-state index is 0.253. The molecule has 0 aromatic rings. The first-order valence-electron chi connectivity index (χ1n) is 6.51. The Morgan fingerprint density at radius 2 is 2.26 bits per heavy atom. The van der Waals surface area contributed by atoms with Crippen molar-refractivity contribution >= 4 is 12.0 Å². The zero-order valence-electron chi connectivity index (χ0n) is 11.5. The number of nitrogens with one attached hydrogen (secondary N) is 2. The van der Waals surface area contributed by atoms with Crippen LogP contribution in [0.5, 0.6) is 0 Å². The highest BCUT2D eigenvalue weighted by Gasteiger charge is 2.23. The standard InChI is InChI=1S/C12H23N3O4/c1-15-6-3-4-9(15)8-13-12(18)14-10(11(16)17)5-7-19-2/h9-10H,3-8H2,1-2H3,(H,16,17)(H2,13,14,18). The first kappa shape index (κ1) is 15.7. The molecule has 2 atom stereocenters. The summed E-state index contributed by atoms with van der Waals surface area (Å²) in [6, 6.07) is -1.02. The van der Waals surface area contributed by atoms with Crippen molar-refractivity contribution in [3.8, 4) is 0 Å². The topological polar surface area (TPSA) is 90.9 Å². The number of hydrogen-bond acceptors (Lipinski definition) is 4. The van der Waals surface area contributed by atoms with Crippen molar-refractivity contribution in [2.45, 2.75) is 31.3 Å². The monoisotopic (exact) mass is 273 g/mol. The van der Waals surface area contributed by atoms with Gasteiger partial charge in [-0.2, -0.15) is 0 Å². The summed E-state index contributed by atoms with van der Waals surface area (Å²) in [4.78, 5) is 24.8. The fourth-order valence-corrected chi connectivity index (χ4v) is 2.15. The number of methoxy groups -OCH3 is 1. The molecule has 1 aliphatic rings. The van der Waals surface area contributed by atoms with Gasteiger partial charge in [0.25, 0.3) is 0 Å². The quantitative estimate of drug-likeness (QED) is 0.601. The van der Waals surface area contributed by atoms with Gasteiger partial charge in [0.15, 0.2) is 0 Å². The molecule has 2 amide bonds. The summed E-state index contributed by atoms with van der Waals surface area (Å²) in [6.45, 7) is 1.88. The summed E-state index contributed by atoms with van der Waals surface area (Å²) in [5, 5.41) is 14.1. The number of nitrogens with zero attached hydrogens (tertiary/aromatic N) is 1. The average molecular weight is 273 g/mol. The van der Waals surface area contributed by atoms with E-state index in [1.807, 2.05) is 7.05 Å². The van der Waals surface area contributed by atoms with Crippen molar-refractivity contribution in [1.82, 2.24) is 15.5 Å². The van der Waals surface area contributed by atoms with Gasteiger partial charge in [0, 0.05) is 32.7 Å². The Morgan fingerprint density at radius 1 is 1.53 bits per heavy atom. The lowest BCUT2D eigenvalue weighted by Crippen LogP contribution is -2.49. The van der Waals surface area contributed by atoms with E-state index in [9.17, 15) is 9.59 Å². The molecule has 0 aromatic carbocycles. The Kier molecular flexibility index (Phi) is 6.58. The molecule has 1 rings (SSSR count). The number of likely N-dealkylation sites (tertiary alicyclic amines) is 1. The van der Waals surface area contributed by atoms with Gasteiger partial charge in [-0.25, -0.2) is 9.59 Å². The van der Waals surface area contributed by atoms with Crippen LogP contribution in [0.3, 0.4) is 0 Å². The van der Waals surface area contributed by atoms with Crippen LogP contribution >= 0.6 is 0 Å². The number of likely N-dealkylation sites (N-methyl/N-ethyl adjacent to an activating group) is 1. The van der Waals surface area contributed by atoms with Gasteiger partial charge < -0.3 is 25.4 Å². The van der Waals surface area contributed by atoms with Gasteiger partial charge in [-0.1, -0.05) is 0 Å². The molecule has 1 heterocycles. The van der Waals surface area contributed by atoms with Crippen LogP contribution in [-0.4, -0.2) is 67.9 Å². The largest absolute Gasteiger partial charge is 0.480 e. The van der Waals surface area contributed by atoms with E-state index in [0.717, 1.165) is 19.4 Å². The molecule has 1 fully saturated rings. The van der Waals surface area contributed by atoms with Crippen molar-refractivity contribution in [2.75, 3.05) is 33.9 Å². The molecule has 7 nitrogen and oxygen atoms in total. The van der Waals surface area contributed by atoms with Crippen molar-refractivity contribution in [3.63, 3.8) is 0 Å². The van der Waals surface area contributed by atoms with E-state index in [4.69, 9.17) is 9.84 Å². The van der Waals surface area contributed by atoms with E-state index < -0.39 is 18.0 Å². The van der Waals surface area contributed by atoms with Crippen LogP contribution in [-0.2, 0) is 9.53 Å². The number of amides is 2. The fraction of sp³-hybridized carbons (Fsp3) is 0.833. The Balaban J connectivity index is 2.29. The number of carboxylic acid groups (broad SMARTS) is 1. The number of ether oxygens (including phenoxy) is 1. The second-order valence-corrected chi connectivity index (χ2v) is 4.80. The molecule has 19 heavy (non-hydrogen) atoms. The number of carboxylic acids is 1. The number of aliphatic carboxylic acids is 1. The van der Waals surface area contributed by atoms with Gasteiger partial charge >= 0.3 is 12.0 Å². The molecule has 0 aromatic heterocycles. The van der Waals surface area contributed by atoms with Gasteiger partial charge in [-0.05, 0) is 26.4 Å². The minimum Gasteiger partial charge on any atom is -0.480 e. The maximum absolute atomic E-state index is 11.6. The van der Waals surface area contributed by atoms with Gasteiger partial charge in [-0.15, -0.1) is 0 Å². The SMILES string of the molecule is COCCC(NC(=O)NCC1CCCN1C)C(=O)O. The Morgan fingerprint density at radius 3 is 2.79 bits per heavy atom. The molecule has 1 saturated heterocycles. The third kappa shape index (κ3) is 5.44. The van der Waals surface area contributed by atoms with Gasteiger partial charge in [-0.3, -0.25) is 0 Å². The molecule has 1 aliphatic heterocycles. The highest BCUT2D eigenvalue weighted by Crippen LogP contribution is 2.13. The van der Waals surface area contributed by atoms with Crippen LogP contribution in [0.2, 0.25) is 0 Å². The van der Waals surface area contributed by atoms with Crippen LogP contribution in [0.4, 0.5) is 4.79 Å². The Hall–Kier alpha value is -1.34. The lowest BCUT2D eigenvalue weighted by atomic mass is 10.2. The van der Waals surface area contributed by atoms with E-state index in [2.05, 4.69) is 15.5 Å². The van der Waals surface area contributed by atoms with Crippen molar-refractivity contribution in [1.29, 1.82) is 0 Å². The second-order valence-electron chi connectivity index (χ2n) is 4.80. The molecule has 0 spiro atoms. The molecule has 3 N–H and O–H groups in total. The number of rotatable bonds is 7. The molecular weight excluding hydrogens is 250 g/mol. The normalized spacial score (nSPS) is 21.1. The number of hydrogen-bond donors (Lipinski definition) is 3. The van der Waals surface area contributed by atoms with Crippen molar-refractivity contribution in [3.05, 3.63) is 0 Å². The van der Waals surface area contributed by atoms with E-state index in [1.165, 1.54) is 7.11 Å². The van der Waals surface area contributed by atoms with E-state index >= 15 is 0 Å². The van der Waals surface area contributed by atoms with Gasteiger partial charge in [0.2, 0.25) is 0 Å².